The second-order valence-electron chi connectivity index (χ2n) is 4.21. The Bertz CT molecular complexity index is 707. The fraction of sp³-hybridized carbons (Fsp3) is 0.0714. The van der Waals surface area contributed by atoms with Gasteiger partial charge < -0.3 is 10.4 Å². The minimum atomic E-state index is -1.28. The van der Waals surface area contributed by atoms with Gasteiger partial charge in [-0.1, -0.05) is 22.0 Å². The van der Waals surface area contributed by atoms with Crippen LogP contribution < -0.4 is 5.32 Å². The van der Waals surface area contributed by atoms with E-state index < -0.39 is 23.4 Å². The number of hydrogen-bond donors (Lipinski definition) is 2. The third kappa shape index (κ3) is 3.55. The van der Waals surface area contributed by atoms with E-state index in [9.17, 15) is 18.0 Å². The molecule has 0 aliphatic carbocycles. The van der Waals surface area contributed by atoms with E-state index in [0.717, 1.165) is 6.07 Å². The molecule has 2 N–H and O–H groups in total. The molecule has 2 aromatic carbocycles. The zero-order valence-corrected chi connectivity index (χ0v) is 12.0. The van der Waals surface area contributed by atoms with Gasteiger partial charge in [-0.2, -0.15) is 0 Å². The molecule has 7 heteroatoms. The summed E-state index contributed by atoms with van der Waals surface area (Å²) in [5, 5.41) is 11.4. The number of aromatic carboxylic acids is 1. The van der Waals surface area contributed by atoms with Crippen LogP contribution in [0.25, 0.3) is 0 Å². The molecule has 0 amide bonds. The first-order valence-corrected chi connectivity index (χ1v) is 6.58. The van der Waals surface area contributed by atoms with Crippen molar-refractivity contribution in [3.05, 3.63) is 63.4 Å². The van der Waals surface area contributed by atoms with Crippen molar-refractivity contribution in [1.29, 1.82) is 0 Å². The van der Waals surface area contributed by atoms with Crippen molar-refractivity contribution in [2.45, 2.75) is 6.54 Å². The molecule has 21 heavy (non-hydrogen) atoms. The number of rotatable bonds is 4. The van der Waals surface area contributed by atoms with E-state index in [-0.39, 0.29) is 17.8 Å². The molecule has 3 nitrogen and oxygen atoms in total. The smallest absolute Gasteiger partial charge is 0.335 e. The Morgan fingerprint density at radius 1 is 1.19 bits per heavy atom. The molecular weight excluding hydrogens is 351 g/mol. The van der Waals surface area contributed by atoms with Gasteiger partial charge in [0.1, 0.15) is 5.82 Å². The molecule has 0 radical (unpaired) electrons. The van der Waals surface area contributed by atoms with Gasteiger partial charge in [0, 0.05) is 23.2 Å². The minimum Gasteiger partial charge on any atom is -0.478 e. The molecule has 0 spiro atoms. The van der Waals surface area contributed by atoms with E-state index in [4.69, 9.17) is 5.11 Å². The highest BCUT2D eigenvalue weighted by Crippen LogP contribution is 2.23. The number of carboxylic acids is 1. The normalized spacial score (nSPS) is 10.5. The SMILES string of the molecule is O=C(O)c1ccc(CNc2cc(F)cc(F)c2F)c(Br)c1. The number of carbonyl (C=O) groups is 1. The zero-order chi connectivity index (χ0) is 15.6. The number of halogens is 4. The summed E-state index contributed by atoms with van der Waals surface area (Å²) in [6.07, 6.45) is 0. The van der Waals surface area contributed by atoms with Crippen molar-refractivity contribution in [3.63, 3.8) is 0 Å². The lowest BCUT2D eigenvalue weighted by atomic mass is 10.1. The summed E-state index contributed by atoms with van der Waals surface area (Å²) in [5.74, 6) is -4.42. The van der Waals surface area contributed by atoms with E-state index in [1.54, 1.807) is 0 Å². The Morgan fingerprint density at radius 3 is 2.52 bits per heavy atom. The molecule has 0 heterocycles. The van der Waals surface area contributed by atoms with Gasteiger partial charge in [-0.05, 0) is 17.7 Å². The van der Waals surface area contributed by atoms with Gasteiger partial charge in [-0.15, -0.1) is 0 Å². The van der Waals surface area contributed by atoms with Gasteiger partial charge in [0.15, 0.2) is 11.6 Å². The second kappa shape index (κ2) is 6.17. The van der Waals surface area contributed by atoms with Crippen molar-refractivity contribution in [2.24, 2.45) is 0 Å². The van der Waals surface area contributed by atoms with Crippen LogP contribution in [-0.2, 0) is 6.54 Å². The summed E-state index contributed by atoms with van der Waals surface area (Å²) in [6, 6.07) is 5.60. The average Bonchev–Trinajstić information content (AvgIpc) is 2.42. The summed E-state index contributed by atoms with van der Waals surface area (Å²) < 4.78 is 40.0. The number of carboxylic acid groups (broad SMARTS) is 1. The minimum absolute atomic E-state index is 0.0697. The van der Waals surface area contributed by atoms with E-state index in [1.807, 2.05) is 0 Å². The Kier molecular flexibility index (Phi) is 4.52. The predicted molar refractivity (Wildman–Crippen MR) is 74.7 cm³/mol. The largest absolute Gasteiger partial charge is 0.478 e. The fourth-order valence-electron chi connectivity index (χ4n) is 1.70. The van der Waals surface area contributed by atoms with E-state index >= 15 is 0 Å². The average molecular weight is 360 g/mol. The molecule has 0 saturated heterocycles. The first-order chi connectivity index (χ1) is 9.88. The van der Waals surface area contributed by atoms with Gasteiger partial charge >= 0.3 is 5.97 Å². The summed E-state index contributed by atoms with van der Waals surface area (Å²) in [6.45, 7) is 0.0697. The molecule has 0 aromatic heterocycles. The van der Waals surface area contributed by atoms with Crippen LogP contribution in [0, 0.1) is 17.5 Å². The lowest BCUT2D eigenvalue weighted by Crippen LogP contribution is -2.05. The van der Waals surface area contributed by atoms with Crippen molar-refractivity contribution in [3.8, 4) is 0 Å². The van der Waals surface area contributed by atoms with E-state index in [0.29, 0.717) is 16.1 Å². The van der Waals surface area contributed by atoms with Crippen LogP contribution >= 0.6 is 15.9 Å². The van der Waals surface area contributed by atoms with E-state index in [1.165, 1.54) is 18.2 Å². The third-order valence-corrected chi connectivity index (χ3v) is 3.50. The van der Waals surface area contributed by atoms with Crippen LogP contribution in [0.15, 0.2) is 34.8 Å². The van der Waals surface area contributed by atoms with Crippen molar-refractivity contribution < 1.29 is 23.1 Å². The first-order valence-electron chi connectivity index (χ1n) is 5.78. The first kappa shape index (κ1) is 15.4. The van der Waals surface area contributed by atoms with Crippen molar-refractivity contribution in [1.82, 2.24) is 0 Å². The second-order valence-corrected chi connectivity index (χ2v) is 5.07. The quantitative estimate of drug-likeness (QED) is 0.805. The van der Waals surface area contributed by atoms with Crippen molar-refractivity contribution in [2.75, 3.05) is 5.32 Å². The zero-order valence-electron chi connectivity index (χ0n) is 10.5. The van der Waals surface area contributed by atoms with Crippen LogP contribution in [-0.4, -0.2) is 11.1 Å². The monoisotopic (exact) mass is 359 g/mol. The van der Waals surface area contributed by atoms with Gasteiger partial charge in [-0.25, -0.2) is 18.0 Å². The molecular formula is C14H9BrF3NO2. The molecule has 0 saturated carbocycles. The third-order valence-electron chi connectivity index (χ3n) is 2.76. The lowest BCUT2D eigenvalue weighted by Gasteiger charge is -2.10. The summed E-state index contributed by atoms with van der Waals surface area (Å²) in [5.41, 5.74) is 0.402. The van der Waals surface area contributed by atoms with Gasteiger partial charge in [-0.3, -0.25) is 0 Å². The Hall–Kier alpha value is -2.02. The molecule has 0 aliphatic rings. The molecule has 0 atom stereocenters. The van der Waals surface area contributed by atoms with Crippen LogP contribution in [0.5, 0.6) is 0 Å². The standard InChI is InChI=1S/C14H9BrF3NO2/c15-10-3-7(14(20)21)1-2-8(10)6-19-12-5-9(16)4-11(17)13(12)18/h1-5,19H,6H2,(H,20,21). The summed E-state index contributed by atoms with van der Waals surface area (Å²) in [4.78, 5) is 10.8. The molecule has 0 fully saturated rings. The predicted octanol–water partition coefficient (Wildman–Crippen LogP) is 4.18. The summed E-state index contributed by atoms with van der Waals surface area (Å²) >= 11 is 3.19. The lowest BCUT2D eigenvalue weighted by molar-refractivity contribution is 0.0697. The molecule has 0 unspecified atom stereocenters. The highest BCUT2D eigenvalue weighted by atomic mass is 79.9. The highest BCUT2D eigenvalue weighted by molar-refractivity contribution is 9.10. The molecule has 0 aliphatic heterocycles. The van der Waals surface area contributed by atoms with Crippen LogP contribution in [0.1, 0.15) is 15.9 Å². The maximum Gasteiger partial charge on any atom is 0.335 e. The fourth-order valence-corrected chi connectivity index (χ4v) is 2.22. The Balaban J connectivity index is 2.19. The number of nitrogens with one attached hydrogen (secondary N) is 1. The van der Waals surface area contributed by atoms with E-state index in [2.05, 4.69) is 21.2 Å². The maximum absolute atomic E-state index is 13.5. The van der Waals surface area contributed by atoms with Gasteiger partial charge in [0.2, 0.25) is 0 Å². The number of benzene rings is 2. The Labute approximate surface area is 126 Å². The molecule has 2 aromatic rings. The number of anilines is 1. The Morgan fingerprint density at radius 2 is 1.90 bits per heavy atom. The number of hydrogen-bond acceptors (Lipinski definition) is 2. The molecule has 110 valence electrons. The van der Waals surface area contributed by atoms with Crippen LogP contribution in [0.3, 0.4) is 0 Å². The molecule has 0 bridgehead atoms. The van der Waals surface area contributed by atoms with Crippen molar-refractivity contribution >= 4 is 27.6 Å². The molecule has 2 rings (SSSR count). The van der Waals surface area contributed by atoms with Gasteiger partial charge in [0.25, 0.3) is 0 Å². The maximum atomic E-state index is 13.5. The van der Waals surface area contributed by atoms with Gasteiger partial charge in [0.05, 0.1) is 11.3 Å². The summed E-state index contributed by atoms with van der Waals surface area (Å²) in [7, 11) is 0. The highest BCUT2D eigenvalue weighted by Gasteiger charge is 2.12. The van der Waals surface area contributed by atoms with Crippen LogP contribution in [0.4, 0.5) is 18.9 Å². The van der Waals surface area contributed by atoms with Crippen LogP contribution in [0.2, 0.25) is 0 Å². The topological polar surface area (TPSA) is 49.3 Å².